The highest BCUT2D eigenvalue weighted by Gasteiger charge is 2.46. The number of aliphatic hydroxyl groups is 1. The first-order chi connectivity index (χ1) is 9.59. The van der Waals surface area contributed by atoms with Gasteiger partial charge >= 0.3 is 5.97 Å². The summed E-state index contributed by atoms with van der Waals surface area (Å²) in [4.78, 5) is 12.3. The average Bonchev–Trinajstić information content (AvgIpc) is 3.27. The van der Waals surface area contributed by atoms with Gasteiger partial charge in [-0.1, -0.05) is 6.92 Å². The second-order valence-corrected chi connectivity index (χ2v) is 7.67. The van der Waals surface area contributed by atoms with Crippen molar-refractivity contribution >= 4 is 17.7 Å². The zero-order chi connectivity index (χ0) is 14.6. The van der Waals surface area contributed by atoms with E-state index in [4.69, 9.17) is 9.84 Å². The zero-order valence-corrected chi connectivity index (χ0v) is 13.4. The highest BCUT2D eigenvalue weighted by Crippen LogP contribution is 2.38. The topological polar surface area (TPSA) is 58.6 Å². The van der Waals surface area contributed by atoms with Crippen LogP contribution in [0.4, 0.5) is 0 Å². The van der Waals surface area contributed by atoms with Crippen molar-refractivity contribution in [3.05, 3.63) is 0 Å². The zero-order valence-electron chi connectivity index (χ0n) is 12.6. The fourth-order valence-corrected chi connectivity index (χ4v) is 4.35. The molecule has 0 aliphatic heterocycles. The Balaban J connectivity index is 1.94. The smallest absolute Gasteiger partial charge is 0.326 e. The van der Waals surface area contributed by atoms with Gasteiger partial charge < -0.3 is 9.84 Å². The molecule has 116 valence electrons. The van der Waals surface area contributed by atoms with Crippen LogP contribution < -0.4 is 5.32 Å². The highest BCUT2D eigenvalue weighted by molar-refractivity contribution is 7.99. The van der Waals surface area contributed by atoms with Crippen LogP contribution in [0.1, 0.15) is 45.4 Å². The fraction of sp³-hybridized carbons (Fsp3) is 0.933. The second-order valence-electron chi connectivity index (χ2n) is 6.33. The molecule has 2 saturated carbocycles. The summed E-state index contributed by atoms with van der Waals surface area (Å²) >= 11 is 1.90. The van der Waals surface area contributed by atoms with Crippen molar-refractivity contribution in [2.45, 2.75) is 62.3 Å². The van der Waals surface area contributed by atoms with Gasteiger partial charge in [0.05, 0.1) is 7.11 Å². The molecule has 2 rings (SSSR count). The van der Waals surface area contributed by atoms with Gasteiger partial charge in [-0.2, -0.15) is 11.8 Å². The second kappa shape index (κ2) is 7.14. The molecular weight excluding hydrogens is 274 g/mol. The van der Waals surface area contributed by atoms with Gasteiger partial charge in [0, 0.05) is 17.9 Å². The molecule has 0 amide bonds. The summed E-state index contributed by atoms with van der Waals surface area (Å²) in [5.41, 5.74) is -0.464. The standard InChI is InChI=1S/C15H27NO3S/c1-11(9-17)10-20-13-4-3-7-15(8-13,14(18)19-2)16-12-5-6-12/h11-13,16-17H,3-10H2,1-2H3. The molecular formula is C15H27NO3S. The van der Waals surface area contributed by atoms with Crippen LogP contribution in [0.3, 0.4) is 0 Å². The van der Waals surface area contributed by atoms with E-state index >= 15 is 0 Å². The minimum Gasteiger partial charge on any atom is -0.468 e. The predicted molar refractivity (Wildman–Crippen MR) is 81.9 cm³/mol. The number of hydrogen-bond donors (Lipinski definition) is 2. The Morgan fingerprint density at radius 2 is 2.25 bits per heavy atom. The molecule has 2 aliphatic rings. The summed E-state index contributed by atoms with van der Waals surface area (Å²) in [7, 11) is 1.49. The van der Waals surface area contributed by atoms with E-state index in [1.165, 1.54) is 20.0 Å². The molecule has 2 aliphatic carbocycles. The van der Waals surface area contributed by atoms with E-state index in [0.29, 0.717) is 17.2 Å². The number of rotatable bonds is 7. The molecule has 0 aromatic carbocycles. The highest BCUT2D eigenvalue weighted by atomic mass is 32.2. The molecule has 0 aromatic heterocycles. The SMILES string of the molecule is COC(=O)C1(NC2CC2)CCCC(SCC(C)CO)C1. The van der Waals surface area contributed by atoms with E-state index in [0.717, 1.165) is 31.4 Å². The Bertz CT molecular complexity index is 335. The van der Waals surface area contributed by atoms with Crippen molar-refractivity contribution in [3.8, 4) is 0 Å². The summed E-state index contributed by atoms with van der Waals surface area (Å²) in [6.45, 7) is 2.30. The quantitative estimate of drug-likeness (QED) is 0.704. The molecule has 5 heteroatoms. The first-order valence-corrected chi connectivity index (χ1v) is 8.73. The summed E-state index contributed by atoms with van der Waals surface area (Å²) in [6, 6.07) is 0.509. The minimum absolute atomic E-state index is 0.0927. The van der Waals surface area contributed by atoms with E-state index in [1.54, 1.807) is 0 Å². The number of carbonyl (C=O) groups is 1. The lowest BCUT2D eigenvalue weighted by Gasteiger charge is -2.39. The Kier molecular flexibility index (Phi) is 5.75. The Hall–Kier alpha value is -0.260. The molecule has 2 fully saturated rings. The lowest BCUT2D eigenvalue weighted by Crippen LogP contribution is -2.56. The molecule has 0 radical (unpaired) electrons. The molecule has 3 atom stereocenters. The number of ether oxygens (including phenoxy) is 1. The van der Waals surface area contributed by atoms with Gasteiger partial charge in [0.15, 0.2) is 0 Å². The summed E-state index contributed by atoms with van der Waals surface area (Å²) in [6.07, 6.45) is 6.34. The molecule has 0 heterocycles. The third-order valence-electron chi connectivity index (χ3n) is 4.27. The normalized spacial score (nSPS) is 31.9. The van der Waals surface area contributed by atoms with E-state index in [9.17, 15) is 4.79 Å². The Labute approximate surface area is 126 Å². The van der Waals surface area contributed by atoms with Crippen LogP contribution in [0.5, 0.6) is 0 Å². The Morgan fingerprint density at radius 3 is 2.85 bits per heavy atom. The van der Waals surface area contributed by atoms with Crippen molar-refractivity contribution < 1.29 is 14.6 Å². The van der Waals surface area contributed by atoms with Crippen LogP contribution in [0.25, 0.3) is 0 Å². The molecule has 2 N–H and O–H groups in total. The Morgan fingerprint density at radius 1 is 1.50 bits per heavy atom. The van der Waals surface area contributed by atoms with Crippen molar-refractivity contribution in [2.75, 3.05) is 19.5 Å². The van der Waals surface area contributed by atoms with Gasteiger partial charge in [0.1, 0.15) is 5.54 Å². The van der Waals surface area contributed by atoms with E-state index in [1.807, 2.05) is 11.8 Å². The number of thioether (sulfide) groups is 1. The van der Waals surface area contributed by atoms with Crippen LogP contribution in [0.15, 0.2) is 0 Å². The number of aliphatic hydroxyl groups excluding tert-OH is 1. The lowest BCUT2D eigenvalue weighted by molar-refractivity contribution is -0.150. The van der Waals surface area contributed by atoms with Crippen LogP contribution in [-0.4, -0.2) is 47.4 Å². The molecule has 0 spiro atoms. The maximum Gasteiger partial charge on any atom is 0.326 e. The van der Waals surface area contributed by atoms with Crippen LogP contribution in [0, 0.1) is 5.92 Å². The third kappa shape index (κ3) is 4.12. The first kappa shape index (κ1) is 16.1. The van der Waals surface area contributed by atoms with Crippen molar-refractivity contribution in [2.24, 2.45) is 5.92 Å². The number of carbonyl (C=O) groups excluding carboxylic acids is 1. The molecule has 3 unspecified atom stereocenters. The maximum absolute atomic E-state index is 12.3. The van der Waals surface area contributed by atoms with Crippen molar-refractivity contribution in [1.82, 2.24) is 5.32 Å². The molecule has 20 heavy (non-hydrogen) atoms. The van der Waals surface area contributed by atoms with Crippen LogP contribution in [-0.2, 0) is 9.53 Å². The average molecular weight is 301 g/mol. The largest absolute Gasteiger partial charge is 0.468 e. The summed E-state index contributed by atoms with van der Waals surface area (Å²) in [5, 5.41) is 13.2. The first-order valence-electron chi connectivity index (χ1n) is 7.68. The number of nitrogens with one attached hydrogen (secondary N) is 1. The summed E-state index contributed by atoms with van der Waals surface area (Å²) < 4.78 is 5.07. The third-order valence-corrected chi connectivity index (χ3v) is 5.90. The van der Waals surface area contributed by atoms with Crippen molar-refractivity contribution in [3.63, 3.8) is 0 Å². The van der Waals surface area contributed by atoms with Gasteiger partial charge in [0.2, 0.25) is 0 Å². The van der Waals surface area contributed by atoms with Gasteiger partial charge in [-0.05, 0) is 50.2 Å². The predicted octanol–water partition coefficient (Wildman–Crippen LogP) is 1.95. The fourth-order valence-electron chi connectivity index (χ4n) is 2.91. The molecule has 0 aromatic rings. The molecule has 0 bridgehead atoms. The van der Waals surface area contributed by atoms with Crippen molar-refractivity contribution in [1.29, 1.82) is 0 Å². The number of esters is 1. The monoisotopic (exact) mass is 301 g/mol. The van der Waals surface area contributed by atoms with Gasteiger partial charge in [0.25, 0.3) is 0 Å². The van der Waals surface area contributed by atoms with E-state index < -0.39 is 5.54 Å². The van der Waals surface area contributed by atoms with Gasteiger partial charge in [-0.3, -0.25) is 10.1 Å². The van der Waals surface area contributed by atoms with Crippen LogP contribution >= 0.6 is 11.8 Å². The number of hydrogen-bond acceptors (Lipinski definition) is 5. The minimum atomic E-state index is -0.464. The number of methoxy groups -OCH3 is 1. The van der Waals surface area contributed by atoms with Gasteiger partial charge in [-0.15, -0.1) is 0 Å². The van der Waals surface area contributed by atoms with E-state index in [-0.39, 0.29) is 12.6 Å². The maximum atomic E-state index is 12.3. The summed E-state index contributed by atoms with van der Waals surface area (Å²) in [5.74, 6) is 1.19. The lowest BCUT2D eigenvalue weighted by atomic mass is 9.81. The van der Waals surface area contributed by atoms with Gasteiger partial charge in [-0.25, -0.2) is 0 Å². The molecule has 4 nitrogen and oxygen atoms in total. The molecule has 0 saturated heterocycles. The van der Waals surface area contributed by atoms with Crippen LogP contribution in [0.2, 0.25) is 0 Å². The van der Waals surface area contributed by atoms with E-state index in [2.05, 4.69) is 12.2 Å².